The van der Waals surface area contributed by atoms with Gasteiger partial charge in [0.15, 0.2) is 0 Å². The van der Waals surface area contributed by atoms with Crippen molar-refractivity contribution < 1.29 is 5.11 Å². The van der Waals surface area contributed by atoms with Crippen LogP contribution >= 0.6 is 0 Å². The Bertz CT molecular complexity index is 83.6. The minimum absolute atomic E-state index is 0. The molecule has 0 aliphatic carbocycles. The van der Waals surface area contributed by atoms with Crippen molar-refractivity contribution in [3.05, 3.63) is 0 Å². The number of rotatable bonds is 4. The van der Waals surface area contributed by atoms with Crippen LogP contribution in [-0.2, 0) is 0 Å². The molecule has 0 aromatic heterocycles. The highest BCUT2D eigenvalue weighted by atomic mass is 16.3. The third-order valence-corrected chi connectivity index (χ3v) is 1.73. The van der Waals surface area contributed by atoms with Gasteiger partial charge in [-0.15, -0.1) is 0 Å². The van der Waals surface area contributed by atoms with Gasteiger partial charge >= 0.3 is 0 Å². The first kappa shape index (κ1) is 13.5. The van der Waals surface area contributed by atoms with Gasteiger partial charge in [-0.1, -0.05) is 21.3 Å². The molecule has 0 saturated carbocycles. The van der Waals surface area contributed by atoms with E-state index in [4.69, 9.17) is 0 Å². The second-order valence-corrected chi connectivity index (χ2v) is 3.22. The van der Waals surface area contributed by atoms with Gasteiger partial charge in [0.05, 0.1) is 6.10 Å². The number of nitrogens with zero attached hydrogens (tertiary/aromatic N) is 1. The molecule has 0 spiro atoms. The highest BCUT2D eigenvalue weighted by Crippen LogP contribution is 2.06. The highest BCUT2D eigenvalue weighted by molar-refractivity contribution is 4.64. The van der Waals surface area contributed by atoms with E-state index in [1.807, 2.05) is 21.0 Å². The van der Waals surface area contributed by atoms with Crippen LogP contribution in [0.5, 0.6) is 0 Å². The number of aliphatic hydroxyl groups excluding tert-OH is 1. The van der Waals surface area contributed by atoms with Gasteiger partial charge in [0.2, 0.25) is 0 Å². The molecule has 0 heterocycles. The molecule has 1 N–H and O–H groups in total. The number of hydrogen-bond acceptors (Lipinski definition) is 2. The van der Waals surface area contributed by atoms with Crippen LogP contribution in [0, 0.1) is 5.92 Å². The van der Waals surface area contributed by atoms with Crippen molar-refractivity contribution in [1.29, 1.82) is 0 Å². The van der Waals surface area contributed by atoms with Crippen molar-refractivity contribution in [3.8, 4) is 0 Å². The number of aliphatic hydroxyl groups is 1. The summed E-state index contributed by atoms with van der Waals surface area (Å²) in [7, 11) is 4.05. The molecule has 0 aliphatic rings. The van der Waals surface area contributed by atoms with E-state index >= 15 is 0 Å². The summed E-state index contributed by atoms with van der Waals surface area (Å²) in [6, 6.07) is 0. The fourth-order valence-electron chi connectivity index (χ4n) is 1.10. The predicted molar refractivity (Wildman–Crippen MR) is 50.7 cm³/mol. The molecule has 2 unspecified atom stereocenters. The monoisotopic (exact) mass is 161 g/mol. The van der Waals surface area contributed by atoms with Gasteiger partial charge in [0, 0.05) is 6.54 Å². The lowest BCUT2D eigenvalue weighted by Gasteiger charge is -2.20. The highest BCUT2D eigenvalue weighted by Gasteiger charge is 2.11. The van der Waals surface area contributed by atoms with Crippen molar-refractivity contribution in [2.45, 2.75) is 33.8 Å². The molecule has 0 bridgehead atoms. The summed E-state index contributed by atoms with van der Waals surface area (Å²) in [6.07, 6.45) is 0.719. The van der Waals surface area contributed by atoms with Crippen LogP contribution in [0.1, 0.15) is 27.7 Å². The van der Waals surface area contributed by atoms with Crippen LogP contribution < -0.4 is 0 Å². The predicted octanol–water partition coefficient (Wildman–Crippen LogP) is 1.59. The smallest absolute Gasteiger partial charge is 0.0575 e. The normalized spacial score (nSPS) is 15.8. The molecule has 70 valence electrons. The van der Waals surface area contributed by atoms with Crippen LogP contribution in [0.25, 0.3) is 0 Å². The molecule has 2 heteroatoms. The van der Waals surface area contributed by atoms with Gasteiger partial charge in [0.1, 0.15) is 0 Å². The lowest BCUT2D eigenvalue weighted by molar-refractivity contribution is 0.0964. The molecule has 11 heavy (non-hydrogen) atoms. The van der Waals surface area contributed by atoms with Crippen LogP contribution in [-0.4, -0.2) is 36.8 Å². The molecule has 0 aliphatic heterocycles. The summed E-state index contributed by atoms with van der Waals surface area (Å²) < 4.78 is 0. The molecular weight excluding hydrogens is 138 g/mol. The Kier molecular flexibility index (Phi) is 8.13. The van der Waals surface area contributed by atoms with Crippen LogP contribution in [0.15, 0.2) is 0 Å². The standard InChI is InChI=1S/C8H19NO.CH4/c1-5-8(10)7(2)6-9(3)4;/h7-8,10H,5-6H2,1-4H3;1H4. The number of hydrogen-bond donors (Lipinski definition) is 1. The molecule has 0 radical (unpaired) electrons. The van der Waals surface area contributed by atoms with E-state index in [2.05, 4.69) is 11.8 Å². The van der Waals surface area contributed by atoms with E-state index in [0.29, 0.717) is 5.92 Å². The zero-order chi connectivity index (χ0) is 8.15. The van der Waals surface area contributed by atoms with E-state index in [1.165, 1.54) is 0 Å². The zero-order valence-electron chi connectivity index (χ0n) is 7.46. The van der Waals surface area contributed by atoms with E-state index < -0.39 is 0 Å². The molecule has 0 fully saturated rings. The lowest BCUT2D eigenvalue weighted by atomic mass is 10.0. The second kappa shape index (κ2) is 6.62. The van der Waals surface area contributed by atoms with Crippen LogP contribution in [0.4, 0.5) is 0 Å². The topological polar surface area (TPSA) is 23.5 Å². The van der Waals surface area contributed by atoms with Gasteiger partial charge in [0.25, 0.3) is 0 Å². The molecule has 2 nitrogen and oxygen atoms in total. The van der Waals surface area contributed by atoms with E-state index in [-0.39, 0.29) is 13.5 Å². The summed E-state index contributed by atoms with van der Waals surface area (Å²) in [5.41, 5.74) is 0. The van der Waals surface area contributed by atoms with Crippen LogP contribution in [0.3, 0.4) is 0 Å². The maximum Gasteiger partial charge on any atom is 0.0575 e. The molecule has 0 aromatic rings. The zero-order valence-corrected chi connectivity index (χ0v) is 7.46. The summed E-state index contributed by atoms with van der Waals surface area (Å²) in [5, 5.41) is 9.35. The van der Waals surface area contributed by atoms with Crippen molar-refractivity contribution in [2.75, 3.05) is 20.6 Å². The maximum absolute atomic E-state index is 9.35. The first-order valence-electron chi connectivity index (χ1n) is 3.90. The maximum atomic E-state index is 9.35. The van der Waals surface area contributed by atoms with Crippen molar-refractivity contribution in [3.63, 3.8) is 0 Å². The van der Waals surface area contributed by atoms with Gasteiger partial charge in [-0.2, -0.15) is 0 Å². The molecule has 0 aromatic carbocycles. The van der Waals surface area contributed by atoms with Gasteiger partial charge in [-0.25, -0.2) is 0 Å². The first-order valence-corrected chi connectivity index (χ1v) is 3.90. The molecule has 0 saturated heterocycles. The minimum atomic E-state index is -0.137. The second-order valence-electron chi connectivity index (χ2n) is 3.22. The Morgan fingerprint density at radius 2 is 1.82 bits per heavy atom. The third-order valence-electron chi connectivity index (χ3n) is 1.73. The Morgan fingerprint density at radius 3 is 2.09 bits per heavy atom. The van der Waals surface area contributed by atoms with E-state index in [1.54, 1.807) is 0 Å². The quantitative estimate of drug-likeness (QED) is 0.677. The average Bonchev–Trinajstić information content (AvgIpc) is 1.85. The Labute approximate surface area is 71.2 Å². The summed E-state index contributed by atoms with van der Waals surface area (Å²) in [4.78, 5) is 2.10. The SMILES string of the molecule is C.CCC(O)C(C)CN(C)C. The van der Waals surface area contributed by atoms with Gasteiger partial charge < -0.3 is 10.0 Å². The van der Waals surface area contributed by atoms with Crippen molar-refractivity contribution in [1.82, 2.24) is 4.90 Å². The molecule has 0 rings (SSSR count). The fourth-order valence-corrected chi connectivity index (χ4v) is 1.10. The van der Waals surface area contributed by atoms with Crippen molar-refractivity contribution in [2.24, 2.45) is 5.92 Å². The van der Waals surface area contributed by atoms with Crippen LogP contribution in [0.2, 0.25) is 0 Å². The van der Waals surface area contributed by atoms with Gasteiger partial charge in [-0.05, 0) is 26.4 Å². The lowest BCUT2D eigenvalue weighted by Crippen LogP contribution is -2.28. The van der Waals surface area contributed by atoms with E-state index in [9.17, 15) is 5.11 Å². The Morgan fingerprint density at radius 1 is 1.36 bits per heavy atom. The first-order chi connectivity index (χ1) is 4.57. The molecular formula is C9H23NO. The fraction of sp³-hybridized carbons (Fsp3) is 1.00. The molecule has 2 atom stereocenters. The van der Waals surface area contributed by atoms with E-state index in [0.717, 1.165) is 13.0 Å². The summed E-state index contributed by atoms with van der Waals surface area (Å²) >= 11 is 0. The molecule has 0 amide bonds. The third kappa shape index (κ3) is 6.32. The summed E-state index contributed by atoms with van der Waals surface area (Å²) in [5.74, 6) is 0.389. The van der Waals surface area contributed by atoms with Crippen molar-refractivity contribution >= 4 is 0 Å². The Balaban J connectivity index is 0. The summed E-state index contributed by atoms with van der Waals surface area (Å²) in [6.45, 7) is 5.06. The largest absolute Gasteiger partial charge is 0.393 e. The Hall–Kier alpha value is -0.0800. The average molecular weight is 161 g/mol. The minimum Gasteiger partial charge on any atom is -0.393 e. The van der Waals surface area contributed by atoms with Gasteiger partial charge in [-0.3, -0.25) is 0 Å².